The molecule has 0 spiro atoms. The van der Waals surface area contributed by atoms with Gasteiger partial charge < -0.3 is 15.4 Å². The number of pyridine rings is 2. The number of hydrogen-bond acceptors (Lipinski definition) is 8. The number of sulfonamides is 1. The Hall–Kier alpha value is -3.66. The summed E-state index contributed by atoms with van der Waals surface area (Å²) in [5.41, 5.74) is 9.06. The topological polar surface area (TPSA) is 128 Å². The molecule has 0 saturated carbocycles. The van der Waals surface area contributed by atoms with Crippen molar-refractivity contribution in [1.29, 1.82) is 0 Å². The first-order valence-electron chi connectivity index (χ1n) is 12.1. The largest absolute Gasteiger partial charge is 0.496 e. The van der Waals surface area contributed by atoms with Crippen molar-refractivity contribution in [2.75, 3.05) is 24.3 Å². The predicted molar refractivity (Wildman–Crippen MR) is 144 cm³/mol. The molecule has 3 aromatic rings. The van der Waals surface area contributed by atoms with Gasteiger partial charge in [0.25, 0.3) is 15.9 Å². The molecule has 1 unspecified atom stereocenters. The van der Waals surface area contributed by atoms with Gasteiger partial charge in [0.2, 0.25) is 0 Å². The molecule has 1 aliphatic heterocycles. The quantitative estimate of drug-likeness (QED) is 0.494. The molecule has 1 aliphatic rings. The second-order valence-corrected chi connectivity index (χ2v) is 11.7. The van der Waals surface area contributed by atoms with Crippen molar-refractivity contribution in [3.8, 4) is 17.0 Å². The molecule has 1 atom stereocenters. The summed E-state index contributed by atoms with van der Waals surface area (Å²) in [4.78, 5) is 24.3. The molecule has 4 rings (SSSR count). The van der Waals surface area contributed by atoms with Crippen molar-refractivity contribution in [3.05, 3.63) is 59.2 Å². The van der Waals surface area contributed by atoms with Crippen molar-refractivity contribution >= 4 is 27.6 Å². The molecule has 1 aromatic carbocycles. The van der Waals surface area contributed by atoms with Gasteiger partial charge in [0.1, 0.15) is 17.4 Å². The van der Waals surface area contributed by atoms with E-state index in [0.29, 0.717) is 24.0 Å². The van der Waals surface area contributed by atoms with Crippen LogP contribution in [0.25, 0.3) is 11.3 Å². The molecule has 1 saturated heterocycles. The summed E-state index contributed by atoms with van der Waals surface area (Å²) in [6.07, 6.45) is 0.923. The predicted octanol–water partition coefficient (Wildman–Crippen LogP) is 4.09. The zero-order chi connectivity index (χ0) is 27.1. The minimum atomic E-state index is -4.24. The third kappa shape index (κ3) is 4.98. The summed E-state index contributed by atoms with van der Waals surface area (Å²) in [6, 6.07) is 11.6. The number of ether oxygens (including phenoxy) is 1. The molecule has 0 radical (unpaired) electrons. The third-order valence-electron chi connectivity index (χ3n) is 7.33. The lowest BCUT2D eigenvalue weighted by Crippen LogP contribution is -2.43. The van der Waals surface area contributed by atoms with Crippen LogP contribution in [0.4, 0.5) is 11.6 Å². The number of nitrogens with one attached hydrogen (secondary N) is 1. The van der Waals surface area contributed by atoms with Crippen molar-refractivity contribution in [2.45, 2.75) is 51.6 Å². The SMILES string of the molecule is COc1cc(C)c(-c2ccc(C(=O)NS(=O)(=O)c3cccc(N)n3)c(N3CCC(C)C3(C)C)n2)cc1C. The maximum absolute atomic E-state index is 13.4. The number of nitrogen functional groups attached to an aromatic ring is 1. The Balaban J connectivity index is 1.81. The van der Waals surface area contributed by atoms with E-state index in [4.69, 9.17) is 15.5 Å². The molecule has 3 heterocycles. The molecule has 2 aromatic heterocycles. The zero-order valence-electron chi connectivity index (χ0n) is 22.0. The number of nitrogens with zero attached hydrogens (tertiary/aromatic N) is 3. The Bertz CT molecular complexity index is 1470. The first-order valence-corrected chi connectivity index (χ1v) is 13.6. The Morgan fingerprint density at radius 1 is 1.14 bits per heavy atom. The van der Waals surface area contributed by atoms with Crippen molar-refractivity contribution in [1.82, 2.24) is 14.7 Å². The van der Waals surface area contributed by atoms with Gasteiger partial charge in [-0.15, -0.1) is 0 Å². The number of hydrogen-bond donors (Lipinski definition) is 2. The molecular weight excluding hydrogens is 490 g/mol. The second-order valence-electron chi connectivity index (χ2n) is 10.0. The number of anilines is 2. The number of benzene rings is 1. The van der Waals surface area contributed by atoms with E-state index in [-0.39, 0.29) is 21.9 Å². The fraction of sp³-hybridized carbons (Fsp3) is 0.370. The van der Waals surface area contributed by atoms with E-state index >= 15 is 0 Å². The Morgan fingerprint density at radius 2 is 1.86 bits per heavy atom. The van der Waals surface area contributed by atoms with Crippen LogP contribution in [0.15, 0.2) is 47.5 Å². The number of nitrogens with two attached hydrogens (primary N) is 1. The Labute approximate surface area is 218 Å². The average molecular weight is 524 g/mol. The van der Waals surface area contributed by atoms with Crippen molar-refractivity contribution in [2.24, 2.45) is 5.92 Å². The van der Waals surface area contributed by atoms with Crippen LogP contribution >= 0.6 is 0 Å². The number of carbonyl (C=O) groups is 1. The van der Waals surface area contributed by atoms with E-state index in [2.05, 4.69) is 35.4 Å². The minimum absolute atomic E-state index is 0.0417. The maximum Gasteiger partial charge on any atom is 0.281 e. The molecule has 1 fully saturated rings. The summed E-state index contributed by atoms with van der Waals surface area (Å²) >= 11 is 0. The van der Waals surface area contributed by atoms with Gasteiger partial charge in [-0.1, -0.05) is 13.0 Å². The van der Waals surface area contributed by atoms with E-state index in [0.717, 1.165) is 28.9 Å². The van der Waals surface area contributed by atoms with E-state index in [1.807, 2.05) is 26.0 Å². The van der Waals surface area contributed by atoms with Crippen molar-refractivity contribution < 1.29 is 17.9 Å². The summed E-state index contributed by atoms with van der Waals surface area (Å²) in [5.74, 6) is 0.829. The van der Waals surface area contributed by atoms with Crippen LogP contribution in [0.3, 0.4) is 0 Å². The van der Waals surface area contributed by atoms with Crippen LogP contribution in [0, 0.1) is 19.8 Å². The van der Waals surface area contributed by atoms with Gasteiger partial charge in [-0.3, -0.25) is 4.79 Å². The summed E-state index contributed by atoms with van der Waals surface area (Å²) in [7, 11) is -2.61. The second kappa shape index (κ2) is 9.66. The van der Waals surface area contributed by atoms with Gasteiger partial charge in [-0.05, 0) is 87.6 Å². The number of aryl methyl sites for hydroxylation is 2. The fourth-order valence-corrected chi connectivity index (χ4v) is 5.63. The minimum Gasteiger partial charge on any atom is -0.496 e. The Morgan fingerprint density at radius 3 is 2.49 bits per heavy atom. The molecule has 3 N–H and O–H groups in total. The van der Waals surface area contributed by atoms with E-state index in [1.54, 1.807) is 19.2 Å². The van der Waals surface area contributed by atoms with Crippen LogP contribution in [-0.4, -0.2) is 43.5 Å². The van der Waals surface area contributed by atoms with Gasteiger partial charge in [0.05, 0.1) is 18.4 Å². The highest BCUT2D eigenvalue weighted by Crippen LogP contribution is 2.40. The lowest BCUT2D eigenvalue weighted by atomic mass is 9.90. The number of carbonyl (C=O) groups excluding carboxylic acids is 1. The standard InChI is InChI=1S/C27H33N5O4S/c1-16-15-22(36-6)17(2)14-20(16)21-11-10-19(25(29-21)32-13-12-18(3)27(32,4)5)26(33)31-37(34,35)24-9-7-8-23(28)30-24/h7-11,14-15,18H,12-13H2,1-6H3,(H2,28,30)(H,31,33). The van der Waals surface area contributed by atoms with Gasteiger partial charge in [0.15, 0.2) is 5.03 Å². The third-order valence-corrected chi connectivity index (χ3v) is 8.56. The number of aromatic nitrogens is 2. The zero-order valence-corrected chi connectivity index (χ0v) is 22.8. The van der Waals surface area contributed by atoms with Crippen LogP contribution in [-0.2, 0) is 10.0 Å². The normalized spacial score (nSPS) is 17.0. The number of methoxy groups -OCH3 is 1. The van der Waals surface area contributed by atoms with E-state index < -0.39 is 15.9 Å². The molecule has 9 nitrogen and oxygen atoms in total. The molecule has 196 valence electrons. The van der Waals surface area contributed by atoms with Crippen LogP contribution in [0.1, 0.15) is 48.7 Å². The first-order chi connectivity index (χ1) is 17.3. The molecule has 37 heavy (non-hydrogen) atoms. The summed E-state index contributed by atoms with van der Waals surface area (Å²) in [5, 5.41) is -0.327. The van der Waals surface area contributed by atoms with Crippen molar-refractivity contribution in [3.63, 3.8) is 0 Å². The Kier molecular flexibility index (Phi) is 6.89. The molecule has 0 aliphatic carbocycles. The van der Waals surface area contributed by atoms with E-state index in [9.17, 15) is 13.2 Å². The smallest absolute Gasteiger partial charge is 0.281 e. The lowest BCUT2D eigenvalue weighted by Gasteiger charge is -2.36. The highest BCUT2D eigenvalue weighted by Gasteiger charge is 2.41. The molecule has 0 bridgehead atoms. The summed E-state index contributed by atoms with van der Waals surface area (Å²) < 4.78 is 33.4. The fourth-order valence-electron chi connectivity index (χ4n) is 4.69. The monoisotopic (exact) mass is 523 g/mol. The molecular formula is C27H33N5O4S. The average Bonchev–Trinajstić information content (AvgIpc) is 3.11. The maximum atomic E-state index is 13.4. The van der Waals surface area contributed by atoms with Crippen LogP contribution in [0.2, 0.25) is 0 Å². The van der Waals surface area contributed by atoms with Gasteiger partial charge in [0, 0.05) is 17.6 Å². The van der Waals surface area contributed by atoms with E-state index in [1.165, 1.54) is 18.2 Å². The molecule has 10 heteroatoms. The first kappa shape index (κ1) is 26.4. The highest BCUT2D eigenvalue weighted by molar-refractivity contribution is 7.90. The summed E-state index contributed by atoms with van der Waals surface area (Å²) in [6.45, 7) is 11.0. The van der Waals surface area contributed by atoms with Crippen LogP contribution in [0.5, 0.6) is 5.75 Å². The van der Waals surface area contributed by atoms with Gasteiger partial charge >= 0.3 is 0 Å². The van der Waals surface area contributed by atoms with Crippen LogP contribution < -0.4 is 20.1 Å². The van der Waals surface area contributed by atoms with Gasteiger partial charge in [-0.2, -0.15) is 8.42 Å². The molecule has 1 amide bonds. The number of rotatable bonds is 6. The lowest BCUT2D eigenvalue weighted by molar-refractivity contribution is 0.0981. The number of amides is 1. The highest BCUT2D eigenvalue weighted by atomic mass is 32.2. The van der Waals surface area contributed by atoms with Gasteiger partial charge in [-0.25, -0.2) is 14.7 Å².